The molecule has 1 fully saturated rings. The van der Waals surface area contributed by atoms with Crippen molar-refractivity contribution >= 4 is 17.2 Å². The van der Waals surface area contributed by atoms with E-state index in [9.17, 15) is 0 Å². The second-order valence-corrected chi connectivity index (χ2v) is 7.51. The minimum atomic E-state index is 0.336. The van der Waals surface area contributed by atoms with Crippen molar-refractivity contribution in [2.75, 3.05) is 5.32 Å². The molecular formula is C20H24N8. The number of fused-ring (bicyclic) bond motifs is 2. The van der Waals surface area contributed by atoms with Crippen LogP contribution < -0.4 is 11.1 Å². The maximum absolute atomic E-state index is 5.99. The van der Waals surface area contributed by atoms with Crippen molar-refractivity contribution in [1.29, 1.82) is 0 Å². The normalized spacial score (nSPS) is 20.1. The van der Waals surface area contributed by atoms with Gasteiger partial charge in [0.1, 0.15) is 0 Å². The monoisotopic (exact) mass is 376 g/mol. The predicted octanol–water partition coefficient (Wildman–Crippen LogP) is 2.68. The summed E-state index contributed by atoms with van der Waals surface area (Å²) < 4.78 is 3.92. The fourth-order valence-electron chi connectivity index (χ4n) is 3.98. The molecule has 1 saturated carbocycles. The molecule has 1 aliphatic carbocycles. The highest BCUT2D eigenvalue weighted by Gasteiger charge is 2.19. The van der Waals surface area contributed by atoms with Crippen LogP contribution in [0.15, 0.2) is 37.1 Å². The summed E-state index contributed by atoms with van der Waals surface area (Å²) in [6.07, 6.45) is 14.8. The molecule has 4 heterocycles. The summed E-state index contributed by atoms with van der Waals surface area (Å²) >= 11 is 0. The second kappa shape index (κ2) is 6.87. The van der Waals surface area contributed by atoms with Gasteiger partial charge in [-0.1, -0.05) is 6.92 Å². The molecular weight excluding hydrogens is 352 g/mol. The summed E-state index contributed by atoms with van der Waals surface area (Å²) in [6.45, 7) is 2.12. The zero-order valence-electron chi connectivity index (χ0n) is 15.9. The topological polar surface area (TPSA) is 98.4 Å². The van der Waals surface area contributed by atoms with Gasteiger partial charge >= 0.3 is 0 Å². The van der Waals surface area contributed by atoms with E-state index in [1.807, 2.05) is 33.7 Å². The van der Waals surface area contributed by atoms with Crippen LogP contribution in [0.5, 0.6) is 0 Å². The van der Waals surface area contributed by atoms with Gasteiger partial charge in [-0.2, -0.15) is 0 Å². The first-order valence-corrected chi connectivity index (χ1v) is 9.90. The van der Waals surface area contributed by atoms with Crippen molar-refractivity contribution < 1.29 is 0 Å². The van der Waals surface area contributed by atoms with Crippen LogP contribution >= 0.6 is 0 Å². The molecule has 8 nitrogen and oxygen atoms in total. The minimum Gasteiger partial charge on any atom is -0.350 e. The molecule has 28 heavy (non-hydrogen) atoms. The first-order chi connectivity index (χ1) is 13.7. The molecule has 1 aliphatic rings. The van der Waals surface area contributed by atoms with Crippen LogP contribution in [0, 0.1) is 0 Å². The van der Waals surface area contributed by atoms with E-state index >= 15 is 0 Å². The summed E-state index contributed by atoms with van der Waals surface area (Å²) in [4.78, 5) is 13.4. The van der Waals surface area contributed by atoms with Crippen LogP contribution in [0.4, 0.5) is 5.95 Å². The van der Waals surface area contributed by atoms with Crippen molar-refractivity contribution in [1.82, 2.24) is 29.0 Å². The fraction of sp³-hybridized carbons (Fsp3) is 0.400. The molecule has 3 N–H and O–H groups in total. The molecule has 4 aromatic heterocycles. The highest BCUT2D eigenvalue weighted by atomic mass is 15.3. The number of nitrogens with zero attached hydrogens (tertiary/aromatic N) is 6. The second-order valence-electron chi connectivity index (χ2n) is 7.51. The molecule has 0 saturated heterocycles. The number of aromatic nitrogens is 6. The number of nitrogens with one attached hydrogen (secondary N) is 1. The lowest BCUT2D eigenvalue weighted by Gasteiger charge is -2.26. The van der Waals surface area contributed by atoms with E-state index < -0.39 is 0 Å². The van der Waals surface area contributed by atoms with Gasteiger partial charge in [0.15, 0.2) is 0 Å². The highest BCUT2D eigenvalue weighted by Crippen LogP contribution is 2.26. The Labute approximate surface area is 162 Å². The zero-order valence-corrected chi connectivity index (χ0v) is 15.9. The molecule has 0 aromatic carbocycles. The highest BCUT2D eigenvalue weighted by molar-refractivity contribution is 5.79. The van der Waals surface area contributed by atoms with Gasteiger partial charge < -0.3 is 11.1 Å². The van der Waals surface area contributed by atoms with Crippen molar-refractivity contribution in [2.45, 2.75) is 51.1 Å². The SMILES string of the molecule is CCc1cnc2ncc(-c3ccn4nc(N[C@H]5CC[C@H](N)CC5)ncc34)cn12. The minimum absolute atomic E-state index is 0.336. The summed E-state index contributed by atoms with van der Waals surface area (Å²) in [6, 6.07) is 2.79. The maximum Gasteiger partial charge on any atom is 0.241 e. The molecule has 0 bridgehead atoms. The van der Waals surface area contributed by atoms with Crippen molar-refractivity contribution in [3.63, 3.8) is 0 Å². The Kier molecular flexibility index (Phi) is 4.20. The Bertz CT molecular complexity index is 1120. The zero-order chi connectivity index (χ0) is 19.1. The molecule has 0 unspecified atom stereocenters. The van der Waals surface area contributed by atoms with Gasteiger partial charge in [0.2, 0.25) is 11.7 Å². The summed E-state index contributed by atoms with van der Waals surface area (Å²) in [5, 5.41) is 8.10. The predicted molar refractivity (Wildman–Crippen MR) is 108 cm³/mol. The number of anilines is 1. The van der Waals surface area contributed by atoms with E-state index in [1.54, 1.807) is 0 Å². The average molecular weight is 376 g/mol. The molecule has 144 valence electrons. The lowest BCUT2D eigenvalue weighted by Crippen LogP contribution is -2.33. The number of hydrogen-bond donors (Lipinski definition) is 2. The van der Waals surface area contributed by atoms with Gasteiger partial charge in [-0.15, -0.1) is 5.10 Å². The van der Waals surface area contributed by atoms with Gasteiger partial charge in [0.05, 0.1) is 17.9 Å². The number of nitrogens with two attached hydrogens (primary N) is 1. The van der Waals surface area contributed by atoms with Gasteiger partial charge in [-0.05, 0) is 38.2 Å². The quantitative estimate of drug-likeness (QED) is 0.568. The summed E-state index contributed by atoms with van der Waals surface area (Å²) in [5.41, 5.74) is 10.2. The van der Waals surface area contributed by atoms with E-state index in [0.29, 0.717) is 18.0 Å². The molecule has 0 radical (unpaired) electrons. The number of aryl methyl sites for hydroxylation is 1. The van der Waals surface area contributed by atoms with Gasteiger partial charge in [-0.3, -0.25) is 4.40 Å². The van der Waals surface area contributed by atoms with Gasteiger partial charge in [0.25, 0.3) is 0 Å². The molecule has 8 heteroatoms. The summed E-state index contributed by atoms with van der Waals surface area (Å²) in [7, 11) is 0. The van der Waals surface area contributed by atoms with Crippen molar-refractivity contribution in [3.8, 4) is 11.1 Å². The standard InChI is InChI=1S/C20H24N8/c1-2-16-10-24-20-23-9-13(12-27(16)20)17-7-8-28-18(17)11-22-19(26-28)25-15-5-3-14(21)4-6-15/h7-12,14-15H,2-6,21H2,1H3,(H,25,26)/t14-,15-. The average Bonchev–Trinajstić information content (AvgIpc) is 3.32. The summed E-state index contributed by atoms with van der Waals surface area (Å²) in [5.74, 6) is 1.38. The fourth-order valence-corrected chi connectivity index (χ4v) is 3.98. The van der Waals surface area contributed by atoms with Crippen LogP contribution in [0.1, 0.15) is 38.3 Å². The van der Waals surface area contributed by atoms with Crippen LogP contribution in [-0.2, 0) is 6.42 Å². The van der Waals surface area contributed by atoms with E-state index in [1.165, 1.54) is 0 Å². The smallest absolute Gasteiger partial charge is 0.241 e. The lowest BCUT2D eigenvalue weighted by molar-refractivity contribution is 0.409. The van der Waals surface area contributed by atoms with E-state index in [0.717, 1.165) is 60.2 Å². The van der Waals surface area contributed by atoms with E-state index in [-0.39, 0.29) is 0 Å². The Morgan fingerprint density at radius 2 is 1.93 bits per heavy atom. The molecule has 0 aliphatic heterocycles. The molecule has 0 atom stereocenters. The van der Waals surface area contributed by atoms with E-state index in [2.05, 4.69) is 44.6 Å². The largest absolute Gasteiger partial charge is 0.350 e. The number of hydrogen-bond acceptors (Lipinski definition) is 6. The molecule has 0 spiro atoms. The third kappa shape index (κ3) is 2.99. The van der Waals surface area contributed by atoms with Crippen molar-refractivity contribution in [3.05, 3.63) is 42.7 Å². The number of rotatable bonds is 4. The van der Waals surface area contributed by atoms with Crippen LogP contribution in [0.2, 0.25) is 0 Å². The van der Waals surface area contributed by atoms with Gasteiger partial charge in [0, 0.05) is 47.5 Å². The Hall–Kier alpha value is -3.00. The third-order valence-corrected chi connectivity index (χ3v) is 5.64. The third-order valence-electron chi connectivity index (χ3n) is 5.64. The van der Waals surface area contributed by atoms with Crippen LogP contribution in [0.25, 0.3) is 22.4 Å². The van der Waals surface area contributed by atoms with Gasteiger partial charge in [-0.25, -0.2) is 19.5 Å². The lowest BCUT2D eigenvalue weighted by atomic mass is 9.92. The molecule has 4 aromatic rings. The van der Waals surface area contributed by atoms with Crippen molar-refractivity contribution in [2.24, 2.45) is 5.73 Å². The van der Waals surface area contributed by atoms with Crippen LogP contribution in [-0.4, -0.2) is 41.1 Å². The molecule has 0 amide bonds. The Morgan fingerprint density at radius 1 is 1.11 bits per heavy atom. The van der Waals surface area contributed by atoms with Crippen LogP contribution in [0.3, 0.4) is 0 Å². The Balaban J connectivity index is 1.45. The first kappa shape index (κ1) is 17.1. The van der Waals surface area contributed by atoms with E-state index in [4.69, 9.17) is 5.73 Å². The maximum atomic E-state index is 5.99. The Morgan fingerprint density at radius 3 is 2.75 bits per heavy atom. The molecule has 5 rings (SSSR count). The first-order valence-electron chi connectivity index (χ1n) is 9.90. The number of imidazole rings is 1.